The fraction of sp³-hybridized carbons (Fsp3) is 0.467. The summed E-state index contributed by atoms with van der Waals surface area (Å²) in [6.07, 6.45) is 0. The highest BCUT2D eigenvalue weighted by molar-refractivity contribution is 5.96. The van der Waals surface area contributed by atoms with Crippen LogP contribution in [0.1, 0.15) is 0 Å². The summed E-state index contributed by atoms with van der Waals surface area (Å²) in [5.74, 6) is -10.3. The Labute approximate surface area is 145 Å². The molecule has 6 nitrogen and oxygen atoms in total. The maximum absolute atomic E-state index is 13.9. The minimum absolute atomic E-state index is 0.0299. The molecule has 2 fully saturated rings. The van der Waals surface area contributed by atoms with Crippen LogP contribution in [0.2, 0.25) is 0 Å². The molecule has 2 saturated heterocycles. The van der Waals surface area contributed by atoms with Gasteiger partial charge in [-0.05, 0) is 0 Å². The van der Waals surface area contributed by atoms with Crippen LogP contribution >= 0.6 is 0 Å². The number of hydrogen-bond donors (Lipinski definition) is 1. The normalized spacial score (nSPS) is 18.4. The van der Waals surface area contributed by atoms with E-state index in [1.54, 1.807) is 4.90 Å². The van der Waals surface area contributed by atoms with Crippen molar-refractivity contribution in [1.82, 2.24) is 15.1 Å². The molecule has 26 heavy (non-hydrogen) atoms. The first-order chi connectivity index (χ1) is 12.3. The van der Waals surface area contributed by atoms with Crippen molar-refractivity contribution < 1.29 is 31.5 Å². The lowest BCUT2D eigenvalue weighted by Gasteiger charge is -2.36. The number of carbonyl (C=O) groups is 2. The number of rotatable bonds is 3. The zero-order chi connectivity index (χ0) is 19.0. The lowest BCUT2D eigenvalue weighted by Crippen LogP contribution is -2.51. The summed E-state index contributed by atoms with van der Waals surface area (Å²) in [6.45, 7) is 0.843. The SMILES string of the molecule is O=C(CN1CCN(c2c(F)c(F)c(F)c(F)c2F)CC1)N1CCNC1=O. The van der Waals surface area contributed by atoms with Crippen molar-refractivity contribution in [2.75, 3.05) is 50.7 Å². The summed E-state index contributed by atoms with van der Waals surface area (Å²) in [4.78, 5) is 27.3. The van der Waals surface area contributed by atoms with E-state index in [4.69, 9.17) is 0 Å². The first-order valence-corrected chi connectivity index (χ1v) is 7.88. The van der Waals surface area contributed by atoms with Gasteiger partial charge in [-0.15, -0.1) is 0 Å². The van der Waals surface area contributed by atoms with Crippen molar-refractivity contribution in [1.29, 1.82) is 0 Å². The van der Waals surface area contributed by atoms with Gasteiger partial charge in [0.15, 0.2) is 23.3 Å². The summed E-state index contributed by atoms with van der Waals surface area (Å²) >= 11 is 0. The van der Waals surface area contributed by atoms with E-state index in [0.717, 1.165) is 9.80 Å². The molecule has 0 radical (unpaired) electrons. The predicted molar refractivity (Wildman–Crippen MR) is 80.0 cm³/mol. The molecule has 0 unspecified atom stereocenters. The number of amides is 3. The average Bonchev–Trinajstić information content (AvgIpc) is 3.06. The van der Waals surface area contributed by atoms with E-state index in [0.29, 0.717) is 6.54 Å². The van der Waals surface area contributed by atoms with Gasteiger partial charge in [-0.3, -0.25) is 14.6 Å². The first-order valence-electron chi connectivity index (χ1n) is 7.88. The molecule has 1 aromatic rings. The molecular weight excluding hydrogens is 363 g/mol. The van der Waals surface area contributed by atoms with E-state index in [1.807, 2.05) is 0 Å². The van der Waals surface area contributed by atoms with Crippen LogP contribution in [0, 0.1) is 29.1 Å². The number of urea groups is 1. The summed E-state index contributed by atoms with van der Waals surface area (Å²) < 4.78 is 67.5. The molecule has 3 rings (SSSR count). The van der Waals surface area contributed by atoms with Crippen LogP contribution in [0.4, 0.5) is 32.4 Å². The second kappa shape index (κ2) is 7.06. The molecule has 1 N–H and O–H groups in total. The number of halogens is 5. The smallest absolute Gasteiger partial charge is 0.324 e. The topological polar surface area (TPSA) is 55.9 Å². The number of piperazine rings is 1. The van der Waals surface area contributed by atoms with Gasteiger partial charge in [0.2, 0.25) is 11.7 Å². The fourth-order valence-corrected chi connectivity index (χ4v) is 2.99. The van der Waals surface area contributed by atoms with Crippen LogP contribution in [0.25, 0.3) is 0 Å². The third-order valence-electron chi connectivity index (χ3n) is 4.39. The van der Waals surface area contributed by atoms with Crippen LogP contribution in [-0.2, 0) is 4.79 Å². The van der Waals surface area contributed by atoms with Crippen LogP contribution in [-0.4, -0.2) is 67.6 Å². The molecule has 3 amide bonds. The molecule has 0 aromatic heterocycles. The highest BCUT2D eigenvalue weighted by Gasteiger charge is 2.32. The van der Waals surface area contributed by atoms with Gasteiger partial charge in [-0.2, -0.15) is 0 Å². The van der Waals surface area contributed by atoms with Gasteiger partial charge in [0.05, 0.1) is 6.54 Å². The number of nitrogens with one attached hydrogen (secondary N) is 1. The molecule has 2 heterocycles. The largest absolute Gasteiger partial charge is 0.364 e. The third kappa shape index (κ3) is 3.18. The molecule has 11 heteroatoms. The van der Waals surface area contributed by atoms with Crippen molar-refractivity contribution in [3.8, 4) is 0 Å². The van der Waals surface area contributed by atoms with E-state index < -0.39 is 46.7 Å². The molecular formula is C15H15F5N4O2. The van der Waals surface area contributed by atoms with Gasteiger partial charge in [-0.1, -0.05) is 0 Å². The van der Waals surface area contributed by atoms with E-state index in [9.17, 15) is 31.5 Å². The Kier molecular flexibility index (Phi) is 4.99. The summed E-state index contributed by atoms with van der Waals surface area (Å²) in [5, 5.41) is 2.50. The molecule has 0 atom stereocenters. The third-order valence-corrected chi connectivity index (χ3v) is 4.39. The molecule has 2 aliphatic heterocycles. The number of carbonyl (C=O) groups excluding carboxylic acids is 2. The lowest BCUT2D eigenvalue weighted by molar-refractivity contribution is -0.128. The standard InChI is InChI=1S/C15H15F5N4O2/c16-9-10(17)12(19)14(13(20)11(9)18)23-5-3-22(4-6-23)7-8(25)24-2-1-21-15(24)26/h1-7H2,(H,21,26). The van der Waals surface area contributed by atoms with Crippen molar-refractivity contribution >= 4 is 17.6 Å². The summed E-state index contributed by atoms with van der Waals surface area (Å²) in [6, 6.07) is -0.477. The van der Waals surface area contributed by atoms with E-state index in [1.165, 1.54) is 0 Å². The minimum atomic E-state index is -2.20. The number of nitrogens with zero attached hydrogens (tertiary/aromatic N) is 3. The van der Waals surface area contributed by atoms with Gasteiger partial charge in [0.25, 0.3) is 0 Å². The van der Waals surface area contributed by atoms with Crippen molar-refractivity contribution in [3.63, 3.8) is 0 Å². The highest BCUT2D eigenvalue weighted by Crippen LogP contribution is 2.30. The highest BCUT2D eigenvalue weighted by atomic mass is 19.2. The second-order valence-electron chi connectivity index (χ2n) is 5.96. The van der Waals surface area contributed by atoms with Crippen molar-refractivity contribution in [3.05, 3.63) is 29.1 Å². The lowest BCUT2D eigenvalue weighted by atomic mass is 10.2. The maximum atomic E-state index is 13.9. The monoisotopic (exact) mass is 378 g/mol. The Balaban J connectivity index is 1.66. The van der Waals surface area contributed by atoms with E-state index in [-0.39, 0.29) is 39.3 Å². The number of imide groups is 1. The van der Waals surface area contributed by atoms with Crippen molar-refractivity contribution in [2.45, 2.75) is 0 Å². The molecule has 0 bridgehead atoms. The second-order valence-corrected chi connectivity index (χ2v) is 5.96. The first kappa shape index (κ1) is 18.4. The van der Waals surface area contributed by atoms with Gasteiger partial charge in [0, 0.05) is 39.3 Å². The van der Waals surface area contributed by atoms with Gasteiger partial charge in [0.1, 0.15) is 5.69 Å². The number of anilines is 1. The van der Waals surface area contributed by atoms with E-state index >= 15 is 0 Å². The van der Waals surface area contributed by atoms with Crippen LogP contribution in [0.5, 0.6) is 0 Å². The molecule has 1 aromatic carbocycles. The quantitative estimate of drug-likeness (QED) is 0.486. The molecule has 0 saturated carbocycles. The average molecular weight is 378 g/mol. The zero-order valence-electron chi connectivity index (χ0n) is 13.5. The molecule has 0 aliphatic carbocycles. The maximum Gasteiger partial charge on any atom is 0.324 e. The van der Waals surface area contributed by atoms with Gasteiger partial charge >= 0.3 is 6.03 Å². The number of benzene rings is 1. The van der Waals surface area contributed by atoms with E-state index in [2.05, 4.69) is 5.32 Å². The van der Waals surface area contributed by atoms with Gasteiger partial charge in [-0.25, -0.2) is 26.7 Å². The van der Waals surface area contributed by atoms with Crippen molar-refractivity contribution in [2.24, 2.45) is 0 Å². The Morgan fingerprint density at radius 2 is 1.38 bits per heavy atom. The van der Waals surface area contributed by atoms with Crippen LogP contribution < -0.4 is 10.2 Å². The summed E-state index contributed by atoms with van der Waals surface area (Å²) in [7, 11) is 0. The van der Waals surface area contributed by atoms with Gasteiger partial charge < -0.3 is 10.2 Å². The Morgan fingerprint density at radius 3 is 1.88 bits per heavy atom. The zero-order valence-corrected chi connectivity index (χ0v) is 13.5. The molecule has 2 aliphatic rings. The fourth-order valence-electron chi connectivity index (χ4n) is 2.99. The van der Waals surface area contributed by atoms with Crippen LogP contribution in [0.3, 0.4) is 0 Å². The molecule has 142 valence electrons. The predicted octanol–water partition coefficient (Wildman–Crippen LogP) is 1.06. The summed E-state index contributed by atoms with van der Waals surface area (Å²) in [5.41, 5.74) is -0.966. The Bertz CT molecular complexity index is 723. The Morgan fingerprint density at radius 1 is 0.846 bits per heavy atom. The molecule has 0 spiro atoms. The minimum Gasteiger partial charge on any atom is -0.364 e. The number of hydrogen-bond acceptors (Lipinski definition) is 4. The Hall–Kier alpha value is -2.43. The van der Waals surface area contributed by atoms with Crippen LogP contribution in [0.15, 0.2) is 0 Å².